The minimum absolute atomic E-state index is 0.350. The zero-order chi connectivity index (χ0) is 23.0. The van der Waals surface area contributed by atoms with E-state index in [1.807, 2.05) is 42.5 Å². The average Bonchev–Trinajstić information content (AvgIpc) is 3.37. The molecule has 1 aliphatic carbocycles. The van der Waals surface area contributed by atoms with Crippen molar-refractivity contribution in [3.8, 4) is 11.1 Å². The summed E-state index contributed by atoms with van der Waals surface area (Å²) in [6.07, 6.45) is 9.41. The van der Waals surface area contributed by atoms with Gasteiger partial charge in [-0.05, 0) is 41.7 Å². The van der Waals surface area contributed by atoms with Crippen molar-refractivity contribution in [1.29, 1.82) is 0 Å². The number of benzene rings is 2. The maximum atomic E-state index is 13.2. The van der Waals surface area contributed by atoms with Gasteiger partial charge in [-0.15, -0.1) is 0 Å². The lowest BCUT2D eigenvalue weighted by Crippen LogP contribution is -2.42. The van der Waals surface area contributed by atoms with Crippen molar-refractivity contribution in [2.75, 3.05) is 5.32 Å². The summed E-state index contributed by atoms with van der Waals surface area (Å²) in [5.74, 6) is -0.993. The Balaban J connectivity index is 1.55. The predicted molar refractivity (Wildman–Crippen MR) is 128 cm³/mol. The molecule has 1 atom stereocenters. The van der Waals surface area contributed by atoms with Crippen LogP contribution in [0.4, 0.5) is 5.69 Å². The number of carboxylic acid groups (broad SMARTS) is 1. The largest absolute Gasteiger partial charge is 0.480 e. The van der Waals surface area contributed by atoms with Gasteiger partial charge in [-0.1, -0.05) is 62.4 Å². The average molecular weight is 447 g/mol. The van der Waals surface area contributed by atoms with Crippen LogP contribution in [0.5, 0.6) is 0 Å². The molecule has 1 heterocycles. The molecule has 3 aromatic rings. The molecule has 4 N–H and O–H groups in total. The van der Waals surface area contributed by atoms with E-state index in [0.29, 0.717) is 24.4 Å². The standard InChI is InChI=1S/C26H30N4O3/c31-25(30-24(26(32)33)13-18-7-3-1-4-8-18)22-12-11-20(28-16-21-15-27-17-29-21)14-23(22)19-9-5-2-6-10-19/h2,5-6,9-12,14-15,17-18,24,28H,1,3-4,7-8,13,16H2,(H,27,29)(H,30,31)(H,32,33)/t24-/m0/s1. The zero-order valence-corrected chi connectivity index (χ0v) is 18.6. The summed E-state index contributed by atoms with van der Waals surface area (Å²) in [5, 5.41) is 15.9. The number of carboxylic acids is 1. The monoisotopic (exact) mass is 446 g/mol. The third-order valence-electron chi connectivity index (χ3n) is 6.28. The SMILES string of the molecule is O=C(N[C@@H](CC1CCCCC1)C(=O)O)c1ccc(NCc2cnc[nH]2)cc1-c1ccccc1. The fourth-order valence-corrected chi connectivity index (χ4v) is 4.50. The van der Waals surface area contributed by atoms with Gasteiger partial charge in [0.05, 0.1) is 18.6 Å². The van der Waals surface area contributed by atoms with Crippen LogP contribution >= 0.6 is 0 Å². The summed E-state index contributed by atoms with van der Waals surface area (Å²) in [6.45, 7) is 0.572. The molecule has 0 bridgehead atoms. The van der Waals surface area contributed by atoms with E-state index in [9.17, 15) is 14.7 Å². The second kappa shape index (κ2) is 10.8. The molecule has 4 rings (SSSR count). The molecule has 1 amide bonds. The predicted octanol–water partition coefficient (Wildman–Crippen LogP) is 4.84. The van der Waals surface area contributed by atoms with E-state index in [4.69, 9.17) is 0 Å². The molecule has 0 aliphatic heterocycles. The summed E-state index contributed by atoms with van der Waals surface area (Å²) < 4.78 is 0. The van der Waals surface area contributed by atoms with Crippen LogP contribution < -0.4 is 10.6 Å². The third-order valence-corrected chi connectivity index (χ3v) is 6.28. The highest BCUT2D eigenvalue weighted by molar-refractivity contribution is 6.03. The highest BCUT2D eigenvalue weighted by Crippen LogP contribution is 2.29. The van der Waals surface area contributed by atoms with Gasteiger partial charge in [-0.25, -0.2) is 9.78 Å². The number of amides is 1. The van der Waals surface area contributed by atoms with Crippen LogP contribution in [-0.2, 0) is 11.3 Å². The van der Waals surface area contributed by atoms with Crippen LogP contribution in [0.1, 0.15) is 54.6 Å². The van der Waals surface area contributed by atoms with Gasteiger partial charge in [0.1, 0.15) is 6.04 Å². The highest BCUT2D eigenvalue weighted by atomic mass is 16.4. The number of carbonyl (C=O) groups is 2. The van der Waals surface area contributed by atoms with Gasteiger partial charge in [-0.2, -0.15) is 0 Å². The number of H-pyrrole nitrogens is 1. The summed E-state index contributed by atoms with van der Waals surface area (Å²) in [4.78, 5) is 32.2. The van der Waals surface area contributed by atoms with Crippen molar-refractivity contribution in [2.45, 2.75) is 51.1 Å². The van der Waals surface area contributed by atoms with E-state index in [2.05, 4.69) is 20.6 Å². The van der Waals surface area contributed by atoms with E-state index in [-0.39, 0.29) is 5.91 Å². The number of carbonyl (C=O) groups excluding carboxylic acids is 1. The Bertz CT molecular complexity index is 1060. The minimum atomic E-state index is -0.979. The van der Waals surface area contributed by atoms with Gasteiger partial charge in [0, 0.05) is 17.4 Å². The molecule has 2 aromatic carbocycles. The number of imidazole rings is 1. The Labute approximate surface area is 193 Å². The summed E-state index contributed by atoms with van der Waals surface area (Å²) >= 11 is 0. The number of anilines is 1. The number of aliphatic carboxylic acids is 1. The molecule has 0 spiro atoms. The number of rotatable bonds is 9. The molecule has 172 valence electrons. The van der Waals surface area contributed by atoms with Gasteiger partial charge in [0.25, 0.3) is 5.91 Å². The second-order valence-corrected chi connectivity index (χ2v) is 8.66. The van der Waals surface area contributed by atoms with Crippen molar-refractivity contribution < 1.29 is 14.7 Å². The Morgan fingerprint density at radius 1 is 1.09 bits per heavy atom. The fraction of sp³-hybridized carbons (Fsp3) is 0.346. The van der Waals surface area contributed by atoms with Gasteiger partial charge < -0.3 is 20.7 Å². The lowest BCUT2D eigenvalue weighted by atomic mass is 9.84. The van der Waals surface area contributed by atoms with Crippen molar-refractivity contribution in [3.05, 3.63) is 72.3 Å². The van der Waals surface area contributed by atoms with Crippen molar-refractivity contribution in [2.24, 2.45) is 5.92 Å². The molecule has 7 heteroatoms. The third kappa shape index (κ3) is 6.00. The second-order valence-electron chi connectivity index (χ2n) is 8.66. The molecule has 33 heavy (non-hydrogen) atoms. The lowest BCUT2D eigenvalue weighted by Gasteiger charge is -2.25. The first-order valence-corrected chi connectivity index (χ1v) is 11.5. The van der Waals surface area contributed by atoms with E-state index in [1.54, 1.807) is 18.6 Å². The molecular weight excluding hydrogens is 416 g/mol. The number of hydrogen-bond acceptors (Lipinski definition) is 4. The zero-order valence-electron chi connectivity index (χ0n) is 18.6. The Hall–Kier alpha value is -3.61. The van der Waals surface area contributed by atoms with Crippen molar-refractivity contribution in [3.63, 3.8) is 0 Å². The Morgan fingerprint density at radius 3 is 2.58 bits per heavy atom. The maximum absolute atomic E-state index is 13.2. The number of nitrogens with one attached hydrogen (secondary N) is 3. The molecule has 1 aromatic heterocycles. The topological polar surface area (TPSA) is 107 Å². The van der Waals surface area contributed by atoms with E-state index >= 15 is 0 Å². The number of aromatic amines is 1. The minimum Gasteiger partial charge on any atom is -0.480 e. The van der Waals surface area contributed by atoms with Crippen molar-refractivity contribution >= 4 is 17.6 Å². The first-order chi connectivity index (χ1) is 16.1. The Kier molecular flexibility index (Phi) is 7.40. The molecular formula is C26H30N4O3. The number of nitrogens with zero attached hydrogens (tertiary/aromatic N) is 1. The molecule has 7 nitrogen and oxygen atoms in total. The first-order valence-electron chi connectivity index (χ1n) is 11.5. The number of aromatic nitrogens is 2. The van der Waals surface area contributed by atoms with Crippen molar-refractivity contribution in [1.82, 2.24) is 15.3 Å². The van der Waals surface area contributed by atoms with Crippen LogP contribution in [0.2, 0.25) is 0 Å². The van der Waals surface area contributed by atoms with E-state index < -0.39 is 12.0 Å². The normalized spacial score (nSPS) is 15.0. The van der Waals surface area contributed by atoms with Gasteiger partial charge >= 0.3 is 5.97 Å². The van der Waals surface area contributed by atoms with Gasteiger partial charge in [0.2, 0.25) is 0 Å². The smallest absolute Gasteiger partial charge is 0.326 e. The van der Waals surface area contributed by atoms with Crippen LogP contribution in [0.25, 0.3) is 11.1 Å². The fourth-order valence-electron chi connectivity index (χ4n) is 4.50. The molecule has 1 fully saturated rings. The quantitative estimate of drug-likeness (QED) is 0.376. The molecule has 1 saturated carbocycles. The summed E-state index contributed by atoms with van der Waals surface area (Å²) in [7, 11) is 0. The lowest BCUT2D eigenvalue weighted by molar-refractivity contribution is -0.139. The van der Waals surface area contributed by atoms with E-state index in [0.717, 1.165) is 48.2 Å². The molecule has 0 saturated heterocycles. The molecule has 1 aliphatic rings. The van der Waals surface area contributed by atoms with Crippen LogP contribution in [-0.4, -0.2) is 33.0 Å². The first kappa shape index (κ1) is 22.6. The number of hydrogen-bond donors (Lipinski definition) is 4. The molecule has 0 unspecified atom stereocenters. The van der Waals surface area contributed by atoms with Gasteiger partial charge in [0.15, 0.2) is 0 Å². The van der Waals surface area contributed by atoms with Gasteiger partial charge in [-0.3, -0.25) is 4.79 Å². The Morgan fingerprint density at radius 2 is 1.88 bits per heavy atom. The van der Waals surface area contributed by atoms with Crippen LogP contribution in [0, 0.1) is 5.92 Å². The summed E-state index contributed by atoms with van der Waals surface area (Å²) in [5.41, 5.74) is 3.92. The molecule has 0 radical (unpaired) electrons. The highest BCUT2D eigenvalue weighted by Gasteiger charge is 2.26. The maximum Gasteiger partial charge on any atom is 0.326 e. The summed E-state index contributed by atoms with van der Waals surface area (Å²) in [6, 6.07) is 14.3. The van der Waals surface area contributed by atoms with E-state index in [1.165, 1.54) is 6.42 Å². The van der Waals surface area contributed by atoms with Crippen LogP contribution in [0.3, 0.4) is 0 Å². The van der Waals surface area contributed by atoms with Crippen LogP contribution in [0.15, 0.2) is 61.1 Å².